The van der Waals surface area contributed by atoms with Gasteiger partial charge in [0.1, 0.15) is 0 Å². The molecule has 1 heterocycles. The van der Waals surface area contributed by atoms with E-state index in [0.29, 0.717) is 24.0 Å². The molecule has 0 amide bonds. The van der Waals surface area contributed by atoms with Crippen molar-refractivity contribution >= 4 is 0 Å². The summed E-state index contributed by atoms with van der Waals surface area (Å²) in [6.07, 6.45) is 1.23. The highest BCUT2D eigenvalue weighted by Crippen LogP contribution is 1.99. The summed E-state index contributed by atoms with van der Waals surface area (Å²) in [6.45, 7) is 3.80. The minimum atomic E-state index is -0.0635. The Morgan fingerprint density at radius 2 is 1.14 bits per heavy atom. The first-order valence-corrected chi connectivity index (χ1v) is 4.82. The van der Waals surface area contributed by atoms with Gasteiger partial charge in [0, 0.05) is 25.2 Å². The van der Waals surface area contributed by atoms with Crippen LogP contribution in [0.5, 0.6) is 0 Å². The van der Waals surface area contributed by atoms with Crippen molar-refractivity contribution in [2.24, 2.45) is 14.1 Å². The Morgan fingerprint density at radius 3 is 1.36 bits per heavy atom. The van der Waals surface area contributed by atoms with Crippen LogP contribution in [0.25, 0.3) is 0 Å². The predicted octanol–water partition coefficient (Wildman–Crippen LogP) is 0.209. The van der Waals surface area contributed by atoms with Crippen molar-refractivity contribution in [2.75, 3.05) is 0 Å². The Bertz CT molecular complexity index is 411. The van der Waals surface area contributed by atoms with E-state index in [1.807, 2.05) is 13.8 Å². The highest BCUT2D eigenvalue weighted by atomic mass is 16.2. The van der Waals surface area contributed by atoms with Crippen molar-refractivity contribution in [3.05, 3.63) is 31.8 Å². The second-order valence-electron chi connectivity index (χ2n) is 3.32. The third-order valence-corrected chi connectivity index (χ3v) is 2.63. The van der Waals surface area contributed by atoms with Gasteiger partial charge in [-0.3, -0.25) is 19.0 Å². The van der Waals surface area contributed by atoms with Crippen molar-refractivity contribution in [3.63, 3.8) is 0 Å². The minimum absolute atomic E-state index is 0.0635. The fourth-order valence-electron chi connectivity index (χ4n) is 1.65. The molecule has 1 aromatic rings. The third kappa shape index (κ3) is 1.41. The van der Waals surface area contributed by atoms with Crippen LogP contribution in [0.15, 0.2) is 9.59 Å². The largest absolute Gasteiger partial charge is 0.268 e. The van der Waals surface area contributed by atoms with Crippen molar-refractivity contribution in [3.8, 4) is 0 Å². The topological polar surface area (TPSA) is 44.0 Å². The lowest BCUT2D eigenvalue weighted by Crippen LogP contribution is -2.39. The average molecular weight is 196 g/mol. The molecular formula is C10H16N2O2. The lowest BCUT2D eigenvalue weighted by Gasteiger charge is -2.11. The van der Waals surface area contributed by atoms with Crippen molar-refractivity contribution in [1.82, 2.24) is 9.36 Å². The van der Waals surface area contributed by atoms with Crippen LogP contribution in [0, 0.1) is 0 Å². The molecule has 0 saturated carbocycles. The van der Waals surface area contributed by atoms with E-state index >= 15 is 0 Å². The van der Waals surface area contributed by atoms with Gasteiger partial charge in [0.05, 0.1) is 0 Å². The van der Waals surface area contributed by atoms with E-state index in [4.69, 9.17) is 0 Å². The second-order valence-corrected chi connectivity index (χ2v) is 3.32. The number of aromatic nitrogens is 2. The average Bonchev–Trinajstić information content (AvgIpc) is 2.20. The highest BCUT2D eigenvalue weighted by Gasteiger charge is 2.12. The lowest BCUT2D eigenvalue weighted by atomic mass is 10.1. The summed E-state index contributed by atoms with van der Waals surface area (Å²) >= 11 is 0. The van der Waals surface area contributed by atoms with Gasteiger partial charge in [-0.1, -0.05) is 13.8 Å². The molecule has 4 heteroatoms. The number of hydrogen-bond acceptors (Lipinski definition) is 2. The third-order valence-electron chi connectivity index (χ3n) is 2.63. The van der Waals surface area contributed by atoms with E-state index in [1.165, 1.54) is 9.36 Å². The first kappa shape index (κ1) is 10.8. The zero-order chi connectivity index (χ0) is 10.9. The maximum Gasteiger partial charge on any atom is 0.268 e. The molecule has 0 radical (unpaired) electrons. The van der Waals surface area contributed by atoms with E-state index < -0.39 is 0 Å². The summed E-state index contributed by atoms with van der Waals surface area (Å²) < 4.78 is 2.72. The van der Waals surface area contributed by atoms with Gasteiger partial charge in [-0.2, -0.15) is 0 Å². The molecule has 0 N–H and O–H groups in total. The lowest BCUT2D eigenvalue weighted by molar-refractivity contribution is 0.521. The molecule has 0 bridgehead atoms. The van der Waals surface area contributed by atoms with Crippen LogP contribution in [0.4, 0.5) is 0 Å². The van der Waals surface area contributed by atoms with Gasteiger partial charge in [-0.05, 0) is 12.8 Å². The van der Waals surface area contributed by atoms with Crippen LogP contribution in [0.2, 0.25) is 0 Å². The van der Waals surface area contributed by atoms with E-state index in [1.54, 1.807) is 14.1 Å². The Balaban J connectivity index is 3.75. The summed E-state index contributed by atoms with van der Waals surface area (Å²) in [5, 5.41) is 0. The standard InChI is InChI=1S/C10H16N2O2/c1-5-7-8(6-2)10(14)12(4)11(3)9(7)13/h5-6H2,1-4H3. The first-order valence-electron chi connectivity index (χ1n) is 4.82. The molecule has 1 aromatic heterocycles. The monoisotopic (exact) mass is 196 g/mol. The molecule has 0 fully saturated rings. The molecule has 4 nitrogen and oxygen atoms in total. The van der Waals surface area contributed by atoms with Crippen LogP contribution in [0.1, 0.15) is 25.0 Å². The molecule has 0 unspecified atom stereocenters. The molecule has 78 valence electrons. The molecule has 0 aliphatic carbocycles. The van der Waals surface area contributed by atoms with Crippen LogP contribution < -0.4 is 11.1 Å². The van der Waals surface area contributed by atoms with Gasteiger partial charge in [-0.25, -0.2) is 0 Å². The molecule has 0 spiro atoms. The molecular weight excluding hydrogens is 180 g/mol. The van der Waals surface area contributed by atoms with Crippen LogP contribution >= 0.6 is 0 Å². The summed E-state index contributed by atoms with van der Waals surface area (Å²) in [5.74, 6) is 0. The van der Waals surface area contributed by atoms with Crippen molar-refractivity contribution in [1.29, 1.82) is 0 Å². The van der Waals surface area contributed by atoms with E-state index in [0.717, 1.165) is 0 Å². The number of nitrogens with zero attached hydrogens (tertiary/aromatic N) is 2. The Labute approximate surface area is 82.8 Å². The Morgan fingerprint density at radius 1 is 0.857 bits per heavy atom. The summed E-state index contributed by atoms with van der Waals surface area (Å²) in [5.41, 5.74) is 1.18. The van der Waals surface area contributed by atoms with Gasteiger partial charge in [0.2, 0.25) is 0 Å². The van der Waals surface area contributed by atoms with Crippen LogP contribution in [0.3, 0.4) is 0 Å². The number of rotatable bonds is 2. The van der Waals surface area contributed by atoms with E-state index in [-0.39, 0.29) is 11.1 Å². The summed E-state index contributed by atoms with van der Waals surface area (Å²) in [6, 6.07) is 0. The first-order chi connectivity index (χ1) is 6.54. The van der Waals surface area contributed by atoms with Crippen LogP contribution in [-0.4, -0.2) is 9.36 Å². The van der Waals surface area contributed by atoms with E-state index in [9.17, 15) is 9.59 Å². The second kappa shape index (κ2) is 3.82. The smallest absolute Gasteiger partial charge is 0.268 e. The molecule has 0 aliphatic rings. The predicted molar refractivity (Wildman–Crippen MR) is 55.7 cm³/mol. The van der Waals surface area contributed by atoms with E-state index in [2.05, 4.69) is 0 Å². The molecule has 1 rings (SSSR count). The summed E-state index contributed by atoms with van der Waals surface area (Å²) in [7, 11) is 3.23. The molecule has 0 aliphatic heterocycles. The molecule has 14 heavy (non-hydrogen) atoms. The zero-order valence-electron chi connectivity index (χ0n) is 9.13. The normalized spacial score (nSPS) is 10.6. The Hall–Kier alpha value is -1.32. The van der Waals surface area contributed by atoms with Gasteiger partial charge in [-0.15, -0.1) is 0 Å². The maximum absolute atomic E-state index is 11.8. The van der Waals surface area contributed by atoms with Gasteiger partial charge >= 0.3 is 0 Å². The van der Waals surface area contributed by atoms with Crippen LogP contribution in [-0.2, 0) is 26.9 Å². The fourth-order valence-corrected chi connectivity index (χ4v) is 1.65. The summed E-state index contributed by atoms with van der Waals surface area (Å²) in [4.78, 5) is 23.5. The van der Waals surface area contributed by atoms with Gasteiger partial charge in [0.25, 0.3) is 11.1 Å². The van der Waals surface area contributed by atoms with Crippen molar-refractivity contribution < 1.29 is 0 Å². The Kier molecular flexibility index (Phi) is 2.93. The quantitative estimate of drug-likeness (QED) is 0.678. The molecule has 0 saturated heterocycles. The molecule has 0 atom stereocenters. The molecule has 0 aromatic carbocycles. The van der Waals surface area contributed by atoms with Crippen molar-refractivity contribution in [2.45, 2.75) is 26.7 Å². The number of hydrogen-bond donors (Lipinski definition) is 0. The minimum Gasteiger partial charge on any atom is -0.268 e. The van der Waals surface area contributed by atoms with Gasteiger partial charge < -0.3 is 0 Å². The van der Waals surface area contributed by atoms with Gasteiger partial charge in [0.15, 0.2) is 0 Å². The SMILES string of the molecule is CCc1c(CC)c(=O)n(C)n(C)c1=O. The fraction of sp³-hybridized carbons (Fsp3) is 0.600. The maximum atomic E-state index is 11.8. The zero-order valence-corrected chi connectivity index (χ0v) is 9.13. The highest BCUT2D eigenvalue weighted by molar-refractivity contribution is 5.21.